The Morgan fingerprint density at radius 3 is 2.63 bits per heavy atom. The van der Waals surface area contributed by atoms with E-state index >= 15 is 0 Å². The Hall–Kier alpha value is -1.74. The van der Waals surface area contributed by atoms with E-state index in [1.54, 1.807) is 25.3 Å². The third-order valence-corrected chi connectivity index (χ3v) is 5.98. The number of benzene rings is 1. The first kappa shape index (κ1) is 20.0. The van der Waals surface area contributed by atoms with Crippen LogP contribution in [0, 0.1) is 0 Å². The fourth-order valence-corrected chi connectivity index (χ4v) is 4.04. The van der Waals surface area contributed by atoms with Crippen LogP contribution in [-0.4, -0.2) is 72.4 Å². The molecule has 0 atom stereocenters. The summed E-state index contributed by atoms with van der Waals surface area (Å²) < 4.78 is 5.88. The lowest BCUT2D eigenvalue weighted by Gasteiger charge is -2.26. The van der Waals surface area contributed by atoms with Crippen LogP contribution >= 0.6 is 24.0 Å². The first-order valence-corrected chi connectivity index (χ1v) is 10.2. The van der Waals surface area contributed by atoms with E-state index in [4.69, 9.17) is 17.0 Å². The van der Waals surface area contributed by atoms with E-state index in [1.807, 2.05) is 12.1 Å². The molecule has 27 heavy (non-hydrogen) atoms. The number of rotatable bonds is 6. The topological polar surface area (TPSA) is 61.9 Å². The van der Waals surface area contributed by atoms with Crippen molar-refractivity contribution in [2.75, 3.05) is 46.4 Å². The van der Waals surface area contributed by atoms with Gasteiger partial charge >= 0.3 is 0 Å². The van der Waals surface area contributed by atoms with Gasteiger partial charge in [0, 0.05) is 32.2 Å². The predicted octanol–water partition coefficient (Wildman–Crippen LogP) is 1.97. The highest BCUT2D eigenvalue weighted by Crippen LogP contribution is 2.31. The Morgan fingerprint density at radius 2 is 2.00 bits per heavy atom. The van der Waals surface area contributed by atoms with Crippen molar-refractivity contribution in [3.05, 3.63) is 40.3 Å². The van der Waals surface area contributed by atoms with E-state index < -0.39 is 0 Å². The molecule has 2 aliphatic heterocycles. The van der Waals surface area contributed by atoms with Crippen molar-refractivity contribution >= 4 is 46.2 Å². The summed E-state index contributed by atoms with van der Waals surface area (Å²) in [5.74, 6) is -0.171. The van der Waals surface area contributed by atoms with Gasteiger partial charge in [0.1, 0.15) is 4.32 Å². The molecule has 0 aromatic heterocycles. The van der Waals surface area contributed by atoms with Gasteiger partial charge in [0.05, 0.1) is 18.1 Å². The quantitative estimate of drug-likeness (QED) is 0.444. The summed E-state index contributed by atoms with van der Waals surface area (Å²) in [6.45, 7) is 5.13. The Bertz CT molecular complexity index is 743. The molecule has 144 valence electrons. The minimum Gasteiger partial charge on any atom is -0.379 e. The maximum absolute atomic E-state index is 12.2. The fourth-order valence-electron chi connectivity index (χ4n) is 2.86. The zero-order chi connectivity index (χ0) is 19.2. The Morgan fingerprint density at radius 1 is 1.30 bits per heavy atom. The van der Waals surface area contributed by atoms with E-state index in [1.165, 1.54) is 16.7 Å². The molecule has 6 nitrogen and oxygen atoms in total. The molecule has 2 fully saturated rings. The number of likely N-dealkylation sites (N-methyl/N-ethyl adjacent to an activating group) is 1. The van der Waals surface area contributed by atoms with Crippen LogP contribution in [0.3, 0.4) is 0 Å². The van der Waals surface area contributed by atoms with Crippen molar-refractivity contribution in [2.45, 2.75) is 6.42 Å². The van der Waals surface area contributed by atoms with Crippen LogP contribution in [0.1, 0.15) is 22.3 Å². The van der Waals surface area contributed by atoms with Crippen molar-refractivity contribution in [3.63, 3.8) is 0 Å². The summed E-state index contributed by atoms with van der Waals surface area (Å²) in [6, 6.07) is 7.22. The Balaban J connectivity index is 1.47. The minimum atomic E-state index is -0.0907. The molecule has 0 bridgehead atoms. The van der Waals surface area contributed by atoms with Gasteiger partial charge in [-0.25, -0.2) is 0 Å². The number of ether oxygens (including phenoxy) is 1. The molecule has 0 spiro atoms. The van der Waals surface area contributed by atoms with Crippen LogP contribution < -0.4 is 5.32 Å². The summed E-state index contributed by atoms with van der Waals surface area (Å²) in [5.41, 5.74) is 1.48. The second-order valence-electron chi connectivity index (χ2n) is 6.43. The van der Waals surface area contributed by atoms with Gasteiger partial charge in [-0.1, -0.05) is 36.1 Å². The molecule has 1 N–H and O–H groups in total. The molecule has 2 aliphatic rings. The van der Waals surface area contributed by atoms with Gasteiger partial charge in [0.15, 0.2) is 0 Å². The fraction of sp³-hybridized carbons (Fsp3) is 0.421. The van der Waals surface area contributed by atoms with E-state index in [-0.39, 0.29) is 11.8 Å². The van der Waals surface area contributed by atoms with Crippen LogP contribution in [0.5, 0.6) is 0 Å². The third-order valence-electron chi connectivity index (χ3n) is 4.50. The zero-order valence-corrected chi connectivity index (χ0v) is 16.9. The van der Waals surface area contributed by atoms with E-state index in [9.17, 15) is 9.59 Å². The lowest BCUT2D eigenvalue weighted by molar-refractivity contribution is -0.121. The molecule has 3 rings (SSSR count). The molecule has 0 unspecified atom stereocenters. The average Bonchev–Trinajstić information content (AvgIpc) is 2.93. The summed E-state index contributed by atoms with van der Waals surface area (Å²) in [7, 11) is 1.67. The van der Waals surface area contributed by atoms with Crippen molar-refractivity contribution in [3.8, 4) is 0 Å². The monoisotopic (exact) mass is 405 g/mol. The average molecular weight is 406 g/mol. The minimum absolute atomic E-state index is 0.0802. The number of morpholine rings is 1. The second kappa shape index (κ2) is 9.45. The van der Waals surface area contributed by atoms with Crippen LogP contribution in [0.15, 0.2) is 29.2 Å². The summed E-state index contributed by atoms with van der Waals surface area (Å²) >= 11 is 6.41. The number of hydrogen-bond acceptors (Lipinski definition) is 6. The molecular weight excluding hydrogens is 382 g/mol. The van der Waals surface area contributed by atoms with Crippen LogP contribution in [0.4, 0.5) is 0 Å². The summed E-state index contributed by atoms with van der Waals surface area (Å²) in [5, 5.41) is 2.96. The van der Waals surface area contributed by atoms with Crippen molar-refractivity contribution in [2.24, 2.45) is 0 Å². The maximum Gasteiger partial charge on any atom is 0.265 e. The number of carbonyl (C=O) groups is 2. The number of hydrogen-bond donors (Lipinski definition) is 1. The second-order valence-corrected chi connectivity index (χ2v) is 8.10. The molecule has 8 heteroatoms. The standard InChI is InChI=1S/C19H23N3O3S2/c1-21-18(24)16(27-19(21)26)13-14-3-5-15(6-4-14)17(23)20-7-2-8-22-9-11-25-12-10-22/h3-6,13H,2,7-12H2,1H3,(H,20,23)/b16-13-. The third kappa shape index (κ3) is 5.38. The van der Waals surface area contributed by atoms with Gasteiger partial charge < -0.3 is 10.1 Å². The van der Waals surface area contributed by atoms with Crippen LogP contribution in [-0.2, 0) is 9.53 Å². The van der Waals surface area contributed by atoms with Crippen LogP contribution in [0.25, 0.3) is 6.08 Å². The molecule has 1 aromatic carbocycles. The Kier molecular flexibility index (Phi) is 7.01. The van der Waals surface area contributed by atoms with Gasteiger partial charge in [0.25, 0.3) is 11.8 Å². The molecule has 2 amide bonds. The highest BCUT2D eigenvalue weighted by atomic mass is 32.2. The normalized spacial score (nSPS) is 19.7. The zero-order valence-electron chi connectivity index (χ0n) is 15.3. The molecule has 0 saturated carbocycles. The van der Waals surface area contributed by atoms with E-state index in [2.05, 4.69) is 10.2 Å². The molecule has 0 radical (unpaired) electrons. The van der Waals surface area contributed by atoms with Gasteiger partial charge in [-0.05, 0) is 36.7 Å². The van der Waals surface area contributed by atoms with Gasteiger partial charge in [-0.15, -0.1) is 0 Å². The molecule has 1 aromatic rings. The lowest BCUT2D eigenvalue weighted by atomic mass is 10.1. The van der Waals surface area contributed by atoms with Crippen LogP contribution in [0.2, 0.25) is 0 Å². The lowest BCUT2D eigenvalue weighted by Crippen LogP contribution is -2.38. The first-order chi connectivity index (χ1) is 13.0. The number of carbonyl (C=O) groups excluding carboxylic acids is 2. The predicted molar refractivity (Wildman–Crippen MR) is 112 cm³/mol. The number of nitrogens with one attached hydrogen (secondary N) is 1. The van der Waals surface area contributed by atoms with Crippen molar-refractivity contribution in [1.29, 1.82) is 0 Å². The van der Waals surface area contributed by atoms with Gasteiger partial charge in [0.2, 0.25) is 0 Å². The van der Waals surface area contributed by atoms with E-state index in [0.29, 0.717) is 21.3 Å². The van der Waals surface area contributed by atoms with Crippen molar-refractivity contribution in [1.82, 2.24) is 15.1 Å². The SMILES string of the molecule is CN1C(=O)/C(=C/c2ccc(C(=O)NCCCN3CCOCC3)cc2)SC1=S. The number of nitrogens with zero attached hydrogens (tertiary/aromatic N) is 2. The number of thiocarbonyl (C=S) groups is 1. The van der Waals surface area contributed by atoms with Gasteiger partial charge in [-0.2, -0.15) is 0 Å². The highest BCUT2D eigenvalue weighted by Gasteiger charge is 2.28. The smallest absolute Gasteiger partial charge is 0.265 e. The summed E-state index contributed by atoms with van der Waals surface area (Å²) in [6.07, 6.45) is 2.72. The van der Waals surface area contributed by atoms with E-state index in [0.717, 1.165) is 44.8 Å². The Labute approximate surface area is 168 Å². The molecule has 0 aliphatic carbocycles. The molecule has 2 heterocycles. The largest absolute Gasteiger partial charge is 0.379 e. The number of thioether (sulfide) groups is 1. The van der Waals surface area contributed by atoms with Gasteiger partial charge in [-0.3, -0.25) is 19.4 Å². The highest BCUT2D eigenvalue weighted by molar-refractivity contribution is 8.26. The molecule has 2 saturated heterocycles. The summed E-state index contributed by atoms with van der Waals surface area (Å²) in [4.78, 5) is 28.7. The number of amides is 2. The first-order valence-electron chi connectivity index (χ1n) is 8.94. The molecular formula is C19H23N3O3S2. The van der Waals surface area contributed by atoms with Crippen molar-refractivity contribution < 1.29 is 14.3 Å². The maximum atomic E-state index is 12.2.